The molecule has 0 atom stereocenters. The molecule has 1 saturated carbocycles. The highest BCUT2D eigenvalue weighted by Gasteiger charge is 2.30. The third-order valence-electron chi connectivity index (χ3n) is 6.76. The number of fused-ring (bicyclic) bond motifs is 1. The van der Waals surface area contributed by atoms with Crippen molar-refractivity contribution < 1.29 is 5.11 Å². The van der Waals surface area contributed by atoms with Crippen LogP contribution in [0.3, 0.4) is 0 Å². The van der Waals surface area contributed by atoms with Crippen molar-refractivity contribution in [1.29, 1.82) is 0 Å². The maximum atomic E-state index is 9.72. The Labute approximate surface area is 214 Å². The summed E-state index contributed by atoms with van der Waals surface area (Å²) < 4.78 is 2.35. The van der Waals surface area contributed by atoms with Gasteiger partial charge in [-0.3, -0.25) is 0 Å². The number of benzene rings is 4. The van der Waals surface area contributed by atoms with Crippen LogP contribution in [-0.4, -0.2) is 14.7 Å². The standard InChI is InChI=1S/C30H24Cl2N2O/c31-24-10-5-20(6-11-24)29(21-7-12-25(32)13-8-21)23-9-16-27-28(17-23)34(30(33-27)22-3-4-22)18-19-1-14-26(35)15-2-19/h1-2,5-17,22,29,35H,3-4,18H2. The number of hydrogen-bond donors (Lipinski definition) is 1. The highest BCUT2D eigenvalue weighted by molar-refractivity contribution is 6.30. The topological polar surface area (TPSA) is 38.0 Å². The van der Waals surface area contributed by atoms with Gasteiger partial charge in [-0.15, -0.1) is 0 Å². The molecule has 0 radical (unpaired) electrons. The molecule has 0 amide bonds. The minimum absolute atomic E-state index is 0.0373. The van der Waals surface area contributed by atoms with E-state index in [1.165, 1.54) is 29.5 Å². The Bertz CT molecular complexity index is 1440. The first-order valence-corrected chi connectivity index (χ1v) is 12.6. The van der Waals surface area contributed by atoms with E-state index in [0.717, 1.165) is 39.0 Å². The quantitative estimate of drug-likeness (QED) is 0.240. The van der Waals surface area contributed by atoms with Crippen LogP contribution < -0.4 is 0 Å². The van der Waals surface area contributed by atoms with Crippen molar-refractivity contribution >= 4 is 34.2 Å². The zero-order valence-corrected chi connectivity index (χ0v) is 20.5. The third kappa shape index (κ3) is 4.54. The summed E-state index contributed by atoms with van der Waals surface area (Å²) in [5, 5.41) is 11.2. The van der Waals surface area contributed by atoms with Crippen LogP contribution in [0.4, 0.5) is 0 Å². The van der Waals surface area contributed by atoms with Crippen molar-refractivity contribution in [2.24, 2.45) is 0 Å². The Hall–Kier alpha value is -3.27. The lowest BCUT2D eigenvalue weighted by Crippen LogP contribution is -2.06. The lowest BCUT2D eigenvalue weighted by atomic mass is 9.85. The van der Waals surface area contributed by atoms with Gasteiger partial charge in [0.1, 0.15) is 11.6 Å². The van der Waals surface area contributed by atoms with E-state index in [1.54, 1.807) is 12.1 Å². The summed E-state index contributed by atoms with van der Waals surface area (Å²) >= 11 is 12.4. The molecule has 35 heavy (non-hydrogen) atoms. The van der Waals surface area contributed by atoms with E-state index < -0.39 is 0 Å². The molecule has 5 heteroatoms. The first-order valence-electron chi connectivity index (χ1n) is 11.8. The fraction of sp³-hybridized carbons (Fsp3) is 0.167. The van der Waals surface area contributed by atoms with Crippen molar-refractivity contribution in [3.63, 3.8) is 0 Å². The Morgan fingerprint density at radius 3 is 1.91 bits per heavy atom. The molecular weight excluding hydrogens is 475 g/mol. The van der Waals surface area contributed by atoms with Crippen LogP contribution in [0, 0.1) is 0 Å². The molecule has 3 nitrogen and oxygen atoms in total. The first kappa shape index (κ1) is 22.2. The second kappa shape index (κ2) is 9.07. The van der Waals surface area contributed by atoms with E-state index in [1.807, 2.05) is 36.4 Å². The molecule has 0 bridgehead atoms. The normalized spacial score (nSPS) is 13.6. The van der Waals surface area contributed by atoms with Crippen LogP contribution in [0.2, 0.25) is 10.0 Å². The molecule has 0 spiro atoms. The molecule has 1 heterocycles. The van der Waals surface area contributed by atoms with Crippen molar-refractivity contribution in [3.8, 4) is 5.75 Å². The smallest absolute Gasteiger partial charge is 0.115 e. The van der Waals surface area contributed by atoms with Gasteiger partial charge in [0.25, 0.3) is 0 Å². The SMILES string of the molecule is Oc1ccc(Cn2c(C3CC3)nc3ccc(C(c4ccc(Cl)cc4)c4ccc(Cl)cc4)cc32)cc1. The molecule has 0 saturated heterocycles. The molecule has 4 aromatic carbocycles. The molecule has 1 aliphatic rings. The Morgan fingerprint density at radius 1 is 0.771 bits per heavy atom. The highest BCUT2D eigenvalue weighted by Crippen LogP contribution is 2.42. The van der Waals surface area contributed by atoms with Gasteiger partial charge in [0, 0.05) is 28.4 Å². The number of imidazole rings is 1. The Balaban J connectivity index is 1.49. The minimum Gasteiger partial charge on any atom is -0.508 e. The molecule has 1 aliphatic carbocycles. The molecular formula is C30H24Cl2N2O. The number of phenols is 1. The number of phenolic OH excluding ortho intramolecular Hbond substituents is 1. The lowest BCUT2D eigenvalue weighted by molar-refractivity contribution is 0.475. The van der Waals surface area contributed by atoms with Gasteiger partial charge in [-0.1, -0.05) is 65.7 Å². The number of halogens is 2. The van der Waals surface area contributed by atoms with Gasteiger partial charge in [-0.2, -0.15) is 0 Å². The number of nitrogens with zero attached hydrogens (tertiary/aromatic N) is 2. The van der Waals surface area contributed by atoms with Gasteiger partial charge < -0.3 is 9.67 Å². The average molecular weight is 499 g/mol. The largest absolute Gasteiger partial charge is 0.508 e. The predicted octanol–water partition coefficient (Wildman–Crippen LogP) is 8.15. The number of hydrogen-bond acceptors (Lipinski definition) is 2. The summed E-state index contributed by atoms with van der Waals surface area (Å²) in [7, 11) is 0. The fourth-order valence-corrected chi connectivity index (χ4v) is 5.08. The van der Waals surface area contributed by atoms with Crippen LogP contribution in [0.15, 0.2) is 91.0 Å². The average Bonchev–Trinajstić information content (AvgIpc) is 3.65. The first-order chi connectivity index (χ1) is 17.0. The third-order valence-corrected chi connectivity index (χ3v) is 7.27. The van der Waals surface area contributed by atoms with E-state index in [9.17, 15) is 5.11 Å². The summed E-state index contributed by atoms with van der Waals surface area (Å²) in [6, 6.07) is 30.2. The second-order valence-electron chi connectivity index (χ2n) is 9.28. The molecule has 0 aliphatic heterocycles. The van der Waals surface area contributed by atoms with Crippen LogP contribution in [0.25, 0.3) is 11.0 Å². The van der Waals surface area contributed by atoms with Gasteiger partial charge >= 0.3 is 0 Å². The maximum Gasteiger partial charge on any atom is 0.115 e. The highest BCUT2D eigenvalue weighted by atomic mass is 35.5. The molecule has 1 aromatic heterocycles. The summed E-state index contributed by atoms with van der Waals surface area (Å²) in [6.07, 6.45) is 2.37. The maximum absolute atomic E-state index is 9.72. The molecule has 0 unspecified atom stereocenters. The summed E-state index contributed by atoms with van der Waals surface area (Å²) in [5.74, 6) is 1.99. The van der Waals surface area contributed by atoms with Gasteiger partial charge in [0.15, 0.2) is 0 Å². The second-order valence-corrected chi connectivity index (χ2v) is 10.2. The van der Waals surface area contributed by atoms with Crippen molar-refractivity contribution in [1.82, 2.24) is 9.55 Å². The van der Waals surface area contributed by atoms with Gasteiger partial charge in [0.05, 0.1) is 11.0 Å². The molecule has 1 N–H and O–H groups in total. The van der Waals surface area contributed by atoms with E-state index in [2.05, 4.69) is 47.0 Å². The molecule has 6 rings (SSSR count). The summed E-state index contributed by atoms with van der Waals surface area (Å²) in [6.45, 7) is 0.721. The number of rotatable bonds is 6. The van der Waals surface area contributed by atoms with Gasteiger partial charge in [-0.05, 0) is 83.6 Å². The Morgan fingerprint density at radius 2 is 1.34 bits per heavy atom. The zero-order valence-electron chi connectivity index (χ0n) is 19.0. The lowest BCUT2D eigenvalue weighted by Gasteiger charge is -2.20. The monoisotopic (exact) mass is 498 g/mol. The van der Waals surface area contributed by atoms with Gasteiger partial charge in [0.2, 0.25) is 0 Å². The summed E-state index contributed by atoms with van der Waals surface area (Å²) in [4.78, 5) is 5.04. The Kier molecular flexibility index (Phi) is 5.75. The molecule has 1 fully saturated rings. The van der Waals surface area contributed by atoms with E-state index in [4.69, 9.17) is 28.2 Å². The van der Waals surface area contributed by atoms with Crippen LogP contribution >= 0.6 is 23.2 Å². The van der Waals surface area contributed by atoms with E-state index >= 15 is 0 Å². The van der Waals surface area contributed by atoms with Crippen LogP contribution in [0.1, 0.15) is 52.8 Å². The zero-order chi connectivity index (χ0) is 23.9. The number of aromatic nitrogens is 2. The minimum atomic E-state index is 0.0373. The van der Waals surface area contributed by atoms with Crippen LogP contribution in [-0.2, 0) is 6.54 Å². The van der Waals surface area contributed by atoms with Gasteiger partial charge in [-0.25, -0.2) is 4.98 Å². The van der Waals surface area contributed by atoms with Crippen LogP contribution in [0.5, 0.6) is 5.75 Å². The molecule has 5 aromatic rings. The predicted molar refractivity (Wildman–Crippen MR) is 143 cm³/mol. The summed E-state index contributed by atoms with van der Waals surface area (Å²) in [5.41, 5.74) is 6.81. The van der Waals surface area contributed by atoms with E-state index in [-0.39, 0.29) is 11.7 Å². The number of aromatic hydroxyl groups is 1. The van der Waals surface area contributed by atoms with Crippen molar-refractivity contribution in [2.45, 2.75) is 31.2 Å². The fourth-order valence-electron chi connectivity index (χ4n) is 4.83. The van der Waals surface area contributed by atoms with Crippen molar-refractivity contribution in [3.05, 3.63) is 129 Å². The molecule has 174 valence electrons. The van der Waals surface area contributed by atoms with E-state index in [0.29, 0.717) is 5.92 Å². The van der Waals surface area contributed by atoms with Crippen molar-refractivity contribution in [2.75, 3.05) is 0 Å².